The van der Waals surface area contributed by atoms with Gasteiger partial charge in [-0.3, -0.25) is 10.1 Å². The Morgan fingerprint density at radius 1 is 1.00 bits per heavy atom. The van der Waals surface area contributed by atoms with E-state index in [2.05, 4.69) is 25.5 Å². The largest absolute Gasteiger partial charge is 0.366 e. The summed E-state index contributed by atoms with van der Waals surface area (Å²) in [4.78, 5) is 22.1. The number of nitro groups is 1. The summed E-state index contributed by atoms with van der Waals surface area (Å²) in [5, 5.41) is 17.7. The molecule has 0 aliphatic heterocycles. The molecule has 0 spiro atoms. The zero-order valence-electron chi connectivity index (χ0n) is 16.5. The molecule has 0 radical (unpaired) electrons. The van der Waals surface area contributed by atoms with Gasteiger partial charge in [-0.15, -0.1) is 0 Å². The maximum Gasteiger partial charge on any atom is 0.274 e. The summed E-state index contributed by atoms with van der Waals surface area (Å²) < 4.78 is 0. The van der Waals surface area contributed by atoms with Crippen LogP contribution >= 0.6 is 0 Å². The quantitative estimate of drug-likeness (QED) is 0.424. The molecule has 0 atom stereocenters. The lowest BCUT2D eigenvalue weighted by molar-refractivity contribution is -0.385. The summed E-state index contributed by atoms with van der Waals surface area (Å²) in [5.74, 6) is 1.11. The minimum Gasteiger partial charge on any atom is -0.366 e. The molecule has 0 saturated carbocycles. The van der Waals surface area contributed by atoms with Crippen molar-refractivity contribution in [2.24, 2.45) is 0 Å². The molecular formula is C21H24N6O2. The summed E-state index contributed by atoms with van der Waals surface area (Å²) in [7, 11) is 4.01. The van der Waals surface area contributed by atoms with Gasteiger partial charge in [0.15, 0.2) is 0 Å². The topological polar surface area (TPSA) is 96.2 Å². The smallest absolute Gasteiger partial charge is 0.274 e. The van der Waals surface area contributed by atoms with Crippen molar-refractivity contribution < 1.29 is 4.92 Å². The van der Waals surface area contributed by atoms with Crippen LogP contribution in [0.2, 0.25) is 0 Å². The second kappa shape index (κ2) is 9.61. The van der Waals surface area contributed by atoms with Gasteiger partial charge in [0.1, 0.15) is 5.82 Å². The number of para-hydroxylation sites is 1. The lowest BCUT2D eigenvalue weighted by Crippen LogP contribution is -2.21. The maximum atomic E-state index is 11.2. The van der Waals surface area contributed by atoms with E-state index in [1.165, 1.54) is 6.07 Å². The van der Waals surface area contributed by atoms with Gasteiger partial charge in [-0.1, -0.05) is 48.5 Å². The molecule has 0 unspecified atom stereocenters. The van der Waals surface area contributed by atoms with Crippen LogP contribution in [0.15, 0.2) is 60.7 Å². The first-order valence-corrected chi connectivity index (χ1v) is 9.32. The first-order valence-electron chi connectivity index (χ1n) is 9.32. The maximum absolute atomic E-state index is 11.2. The highest BCUT2D eigenvalue weighted by atomic mass is 16.6. The van der Waals surface area contributed by atoms with Crippen LogP contribution in [0.1, 0.15) is 5.56 Å². The summed E-state index contributed by atoms with van der Waals surface area (Å²) in [5.41, 5.74) is 2.43. The molecule has 2 N–H and O–H groups in total. The van der Waals surface area contributed by atoms with Gasteiger partial charge in [0, 0.05) is 42.9 Å². The average Bonchev–Trinajstić information content (AvgIpc) is 2.72. The van der Waals surface area contributed by atoms with Gasteiger partial charge >= 0.3 is 0 Å². The minimum atomic E-state index is -0.374. The SMILES string of the molecule is CN(C)CCNc1nc(NCc2ccccc2[N+](=O)[O-])cc(-c2ccccc2)n1. The highest BCUT2D eigenvalue weighted by Crippen LogP contribution is 2.23. The molecule has 29 heavy (non-hydrogen) atoms. The average molecular weight is 392 g/mol. The van der Waals surface area contributed by atoms with Crippen molar-refractivity contribution in [3.8, 4) is 11.3 Å². The Balaban J connectivity index is 1.84. The van der Waals surface area contributed by atoms with E-state index in [1.807, 2.05) is 50.5 Å². The number of hydrogen-bond donors (Lipinski definition) is 2. The highest BCUT2D eigenvalue weighted by molar-refractivity contribution is 5.64. The summed E-state index contributed by atoms with van der Waals surface area (Å²) in [6.45, 7) is 1.84. The van der Waals surface area contributed by atoms with Crippen LogP contribution in [0.3, 0.4) is 0 Å². The number of likely N-dealkylation sites (N-methyl/N-ethyl adjacent to an activating group) is 1. The molecule has 0 saturated heterocycles. The zero-order valence-corrected chi connectivity index (χ0v) is 16.5. The number of nitrogens with zero attached hydrogens (tertiary/aromatic N) is 4. The van der Waals surface area contributed by atoms with Crippen molar-refractivity contribution in [1.29, 1.82) is 0 Å². The Hall–Kier alpha value is -3.52. The Morgan fingerprint density at radius 3 is 2.45 bits per heavy atom. The highest BCUT2D eigenvalue weighted by Gasteiger charge is 2.13. The van der Waals surface area contributed by atoms with Crippen molar-refractivity contribution >= 4 is 17.5 Å². The predicted octanol–water partition coefficient (Wildman–Crippen LogP) is 3.64. The van der Waals surface area contributed by atoms with Crippen LogP contribution in [0.5, 0.6) is 0 Å². The molecule has 8 heteroatoms. The van der Waals surface area contributed by atoms with E-state index in [1.54, 1.807) is 18.2 Å². The first-order chi connectivity index (χ1) is 14.0. The van der Waals surface area contributed by atoms with Crippen LogP contribution in [-0.4, -0.2) is 47.0 Å². The lowest BCUT2D eigenvalue weighted by atomic mass is 10.1. The van der Waals surface area contributed by atoms with Crippen molar-refractivity contribution in [3.05, 3.63) is 76.3 Å². The fraction of sp³-hybridized carbons (Fsp3) is 0.238. The monoisotopic (exact) mass is 392 g/mol. The third kappa shape index (κ3) is 5.73. The van der Waals surface area contributed by atoms with Gasteiger partial charge in [0.05, 0.1) is 10.6 Å². The fourth-order valence-corrected chi connectivity index (χ4v) is 2.79. The molecule has 1 heterocycles. The van der Waals surface area contributed by atoms with Crippen LogP contribution in [0.4, 0.5) is 17.5 Å². The van der Waals surface area contributed by atoms with E-state index in [0.29, 0.717) is 30.4 Å². The van der Waals surface area contributed by atoms with Crippen molar-refractivity contribution in [1.82, 2.24) is 14.9 Å². The number of aromatic nitrogens is 2. The second-order valence-corrected chi connectivity index (χ2v) is 6.80. The van der Waals surface area contributed by atoms with E-state index in [9.17, 15) is 10.1 Å². The molecule has 0 aliphatic carbocycles. The molecule has 150 valence electrons. The van der Waals surface area contributed by atoms with Gasteiger partial charge < -0.3 is 15.5 Å². The molecule has 8 nitrogen and oxygen atoms in total. The predicted molar refractivity (Wildman–Crippen MR) is 115 cm³/mol. The van der Waals surface area contributed by atoms with E-state index in [4.69, 9.17) is 0 Å². The van der Waals surface area contributed by atoms with E-state index >= 15 is 0 Å². The van der Waals surface area contributed by atoms with Crippen LogP contribution in [0.25, 0.3) is 11.3 Å². The molecular weight excluding hydrogens is 368 g/mol. The van der Waals surface area contributed by atoms with E-state index in [-0.39, 0.29) is 10.6 Å². The molecule has 3 aromatic rings. The Labute approximate surface area is 169 Å². The van der Waals surface area contributed by atoms with E-state index < -0.39 is 0 Å². The Morgan fingerprint density at radius 2 is 1.72 bits per heavy atom. The van der Waals surface area contributed by atoms with Gasteiger partial charge in [0.25, 0.3) is 5.69 Å². The zero-order chi connectivity index (χ0) is 20.6. The molecule has 3 rings (SSSR count). The summed E-state index contributed by atoms with van der Waals surface area (Å²) in [6, 6.07) is 18.4. The molecule has 0 aliphatic rings. The molecule has 0 bridgehead atoms. The summed E-state index contributed by atoms with van der Waals surface area (Å²) in [6.07, 6.45) is 0. The van der Waals surface area contributed by atoms with Crippen molar-refractivity contribution in [2.75, 3.05) is 37.8 Å². The van der Waals surface area contributed by atoms with Crippen molar-refractivity contribution in [2.45, 2.75) is 6.54 Å². The first kappa shape index (κ1) is 20.2. The number of benzene rings is 2. The van der Waals surface area contributed by atoms with Crippen LogP contribution in [0, 0.1) is 10.1 Å². The molecule has 2 aromatic carbocycles. The molecule has 0 amide bonds. The van der Waals surface area contributed by atoms with Gasteiger partial charge in [0.2, 0.25) is 5.95 Å². The normalized spacial score (nSPS) is 10.7. The lowest BCUT2D eigenvalue weighted by Gasteiger charge is -2.13. The summed E-state index contributed by atoms with van der Waals surface area (Å²) >= 11 is 0. The van der Waals surface area contributed by atoms with Crippen LogP contribution < -0.4 is 10.6 Å². The second-order valence-electron chi connectivity index (χ2n) is 6.80. The van der Waals surface area contributed by atoms with Crippen LogP contribution in [-0.2, 0) is 6.54 Å². The van der Waals surface area contributed by atoms with Gasteiger partial charge in [-0.25, -0.2) is 4.98 Å². The number of hydrogen-bond acceptors (Lipinski definition) is 7. The number of nitro benzene ring substituents is 1. The third-order valence-corrected chi connectivity index (χ3v) is 4.29. The number of nitrogens with one attached hydrogen (secondary N) is 2. The number of anilines is 2. The minimum absolute atomic E-state index is 0.0849. The standard InChI is InChI=1S/C21H24N6O2/c1-26(2)13-12-22-21-24-18(16-8-4-3-5-9-16)14-20(25-21)23-15-17-10-6-7-11-19(17)27(28)29/h3-11,14H,12-13,15H2,1-2H3,(H2,22,23,24,25). The Kier molecular flexibility index (Phi) is 6.70. The molecule has 0 fully saturated rings. The molecule has 1 aromatic heterocycles. The van der Waals surface area contributed by atoms with E-state index in [0.717, 1.165) is 17.8 Å². The van der Waals surface area contributed by atoms with Crippen molar-refractivity contribution in [3.63, 3.8) is 0 Å². The number of rotatable bonds is 9. The Bertz CT molecular complexity index is 962. The third-order valence-electron chi connectivity index (χ3n) is 4.29. The fourth-order valence-electron chi connectivity index (χ4n) is 2.79. The van der Waals surface area contributed by atoms with Gasteiger partial charge in [-0.2, -0.15) is 4.98 Å². The van der Waals surface area contributed by atoms with Gasteiger partial charge in [-0.05, 0) is 14.1 Å².